The van der Waals surface area contributed by atoms with Crippen LogP contribution in [0.5, 0.6) is 0 Å². The zero-order chi connectivity index (χ0) is 17.2. The van der Waals surface area contributed by atoms with Crippen molar-refractivity contribution in [3.05, 3.63) is 71.5 Å². The maximum absolute atomic E-state index is 13.4. The summed E-state index contributed by atoms with van der Waals surface area (Å²) in [5.74, 6) is 1.52. The first-order valence-corrected chi connectivity index (χ1v) is 9.39. The first-order valence-electron chi connectivity index (χ1n) is 7.74. The van der Waals surface area contributed by atoms with E-state index in [2.05, 4.69) is 5.32 Å². The fraction of sp³-hybridized carbons (Fsp3) is 0.167. The van der Waals surface area contributed by atoms with Crippen molar-refractivity contribution >= 4 is 24.9 Å². The number of aryl methyl sites for hydroxylation is 1. The zero-order valence-electron chi connectivity index (χ0n) is 13.6. The van der Waals surface area contributed by atoms with Gasteiger partial charge in [-0.3, -0.25) is 4.57 Å². The van der Waals surface area contributed by atoms with Crippen LogP contribution in [0.1, 0.15) is 18.1 Å². The number of para-hydroxylation sites is 1. The Kier molecular flexibility index (Phi) is 4.56. The third kappa shape index (κ3) is 3.14. The molecule has 5 nitrogen and oxygen atoms in total. The topological polar surface area (TPSA) is 58.6 Å². The molecule has 0 aromatic heterocycles. The quantitative estimate of drug-likeness (QED) is 0.816. The number of urea groups is 1. The lowest BCUT2D eigenvalue weighted by molar-refractivity contribution is 0.250. The molecule has 0 radical (unpaired) electrons. The predicted molar refractivity (Wildman–Crippen MR) is 95.8 cm³/mol. The molecule has 2 aromatic carbocycles. The number of hydrogen-bond acceptors (Lipinski definition) is 3. The maximum atomic E-state index is 13.4. The third-order valence-corrected chi connectivity index (χ3v) is 5.87. The highest BCUT2D eigenvalue weighted by atomic mass is 31.2. The number of carbonyl (C=O) groups excluding carboxylic acids is 1. The second-order valence-corrected chi connectivity index (χ2v) is 7.51. The van der Waals surface area contributed by atoms with Gasteiger partial charge in [0, 0.05) is 5.82 Å². The molecule has 124 valence electrons. The Hall–Kier alpha value is -2.36. The molecule has 2 amide bonds. The van der Waals surface area contributed by atoms with Gasteiger partial charge in [0.25, 0.3) is 0 Å². The molecule has 0 saturated heterocycles. The SMILES string of the molecule is CCOP1(=O)C=C(c2ccc(C)cc2)NC(=O)N1c1ccccc1. The van der Waals surface area contributed by atoms with E-state index in [1.54, 1.807) is 31.2 Å². The summed E-state index contributed by atoms with van der Waals surface area (Å²) >= 11 is 0. The average molecular weight is 342 g/mol. The number of benzene rings is 2. The van der Waals surface area contributed by atoms with E-state index in [9.17, 15) is 9.36 Å². The van der Waals surface area contributed by atoms with Crippen LogP contribution < -0.4 is 9.99 Å². The van der Waals surface area contributed by atoms with Crippen LogP contribution in [-0.4, -0.2) is 12.6 Å². The van der Waals surface area contributed by atoms with Gasteiger partial charge in [0.15, 0.2) is 0 Å². The van der Waals surface area contributed by atoms with Crippen molar-refractivity contribution in [1.29, 1.82) is 0 Å². The van der Waals surface area contributed by atoms with E-state index in [0.717, 1.165) is 11.1 Å². The average Bonchev–Trinajstić information content (AvgIpc) is 2.56. The molecule has 1 atom stereocenters. The molecule has 1 aliphatic heterocycles. The highest BCUT2D eigenvalue weighted by molar-refractivity contribution is 7.65. The standard InChI is InChI=1S/C18H19N2O3P/c1-3-23-24(22)13-17(15-11-9-14(2)10-12-15)19-18(21)20(24)16-7-5-4-6-8-16/h4-13H,3H2,1-2H3,(H,19,21). The molecule has 1 aliphatic rings. The van der Waals surface area contributed by atoms with Crippen LogP contribution in [0, 0.1) is 6.92 Å². The minimum absolute atomic E-state index is 0.242. The van der Waals surface area contributed by atoms with Crippen molar-refractivity contribution in [2.24, 2.45) is 0 Å². The van der Waals surface area contributed by atoms with Gasteiger partial charge in [-0.2, -0.15) is 0 Å². The van der Waals surface area contributed by atoms with Crippen molar-refractivity contribution in [3.8, 4) is 0 Å². The summed E-state index contributed by atoms with van der Waals surface area (Å²) in [7, 11) is -3.48. The molecule has 0 aliphatic carbocycles. The van der Waals surface area contributed by atoms with Crippen LogP contribution in [0.15, 0.2) is 60.4 Å². The predicted octanol–water partition coefficient (Wildman–Crippen LogP) is 4.75. The van der Waals surface area contributed by atoms with Crippen LogP contribution >= 0.6 is 7.52 Å². The van der Waals surface area contributed by atoms with E-state index >= 15 is 0 Å². The van der Waals surface area contributed by atoms with Gasteiger partial charge < -0.3 is 9.84 Å². The summed E-state index contributed by atoms with van der Waals surface area (Å²) < 4.78 is 20.1. The summed E-state index contributed by atoms with van der Waals surface area (Å²) in [6.07, 6.45) is 0. The molecule has 0 bridgehead atoms. The third-order valence-electron chi connectivity index (χ3n) is 3.68. The summed E-state index contributed by atoms with van der Waals surface area (Å²) in [5.41, 5.74) is 2.94. The van der Waals surface area contributed by atoms with Crippen LogP contribution in [0.25, 0.3) is 5.70 Å². The van der Waals surface area contributed by atoms with Gasteiger partial charge in [0.05, 0.1) is 18.0 Å². The van der Waals surface area contributed by atoms with E-state index in [1.807, 2.05) is 37.3 Å². The van der Waals surface area contributed by atoms with Gasteiger partial charge in [-0.25, -0.2) is 9.46 Å². The van der Waals surface area contributed by atoms with Crippen molar-refractivity contribution in [2.75, 3.05) is 11.3 Å². The Morgan fingerprint density at radius 1 is 1.08 bits per heavy atom. The number of carbonyl (C=O) groups is 1. The number of hydrogen-bond donors (Lipinski definition) is 1. The largest absolute Gasteiger partial charge is 0.333 e. The summed E-state index contributed by atoms with van der Waals surface area (Å²) in [6.45, 7) is 3.99. The number of rotatable bonds is 4. The van der Waals surface area contributed by atoms with Crippen LogP contribution in [0.4, 0.5) is 10.5 Å². The monoisotopic (exact) mass is 342 g/mol. The Labute approximate surface area is 141 Å². The lowest BCUT2D eigenvalue weighted by atomic mass is 10.1. The van der Waals surface area contributed by atoms with Gasteiger partial charge in [-0.15, -0.1) is 0 Å². The Balaban J connectivity index is 2.07. The molecule has 1 heterocycles. The normalized spacial score (nSPS) is 20.5. The van der Waals surface area contributed by atoms with E-state index in [4.69, 9.17) is 4.52 Å². The second-order valence-electron chi connectivity index (χ2n) is 5.47. The zero-order valence-corrected chi connectivity index (χ0v) is 14.5. The van der Waals surface area contributed by atoms with E-state index in [0.29, 0.717) is 11.4 Å². The van der Waals surface area contributed by atoms with E-state index in [-0.39, 0.29) is 6.61 Å². The van der Waals surface area contributed by atoms with Crippen molar-refractivity contribution in [3.63, 3.8) is 0 Å². The number of nitrogens with one attached hydrogen (secondary N) is 1. The second kappa shape index (κ2) is 6.63. The van der Waals surface area contributed by atoms with Crippen molar-refractivity contribution in [1.82, 2.24) is 5.32 Å². The molecule has 2 aromatic rings. The lowest BCUT2D eigenvalue weighted by Gasteiger charge is -2.33. The molecule has 1 N–H and O–H groups in total. The maximum Gasteiger partial charge on any atom is 0.333 e. The minimum atomic E-state index is -3.48. The molecule has 3 rings (SSSR count). The number of nitrogens with zero attached hydrogens (tertiary/aromatic N) is 1. The first-order chi connectivity index (χ1) is 11.5. The molecule has 0 fully saturated rings. The Bertz CT molecular complexity index is 816. The first kappa shape index (κ1) is 16.5. The molecule has 0 saturated carbocycles. The summed E-state index contributed by atoms with van der Waals surface area (Å²) in [5, 5.41) is 2.81. The van der Waals surface area contributed by atoms with E-state index in [1.165, 1.54) is 10.5 Å². The molecule has 24 heavy (non-hydrogen) atoms. The van der Waals surface area contributed by atoms with Gasteiger partial charge in [-0.1, -0.05) is 48.0 Å². The molecular weight excluding hydrogens is 323 g/mol. The molecule has 0 spiro atoms. The Morgan fingerprint density at radius 3 is 2.38 bits per heavy atom. The van der Waals surface area contributed by atoms with E-state index < -0.39 is 13.6 Å². The van der Waals surface area contributed by atoms with Gasteiger partial charge in [0.1, 0.15) is 0 Å². The number of amides is 2. The van der Waals surface area contributed by atoms with Gasteiger partial charge in [0.2, 0.25) is 0 Å². The van der Waals surface area contributed by atoms with Crippen LogP contribution in [0.3, 0.4) is 0 Å². The fourth-order valence-corrected chi connectivity index (χ4v) is 4.53. The highest BCUT2D eigenvalue weighted by Gasteiger charge is 2.39. The summed E-state index contributed by atoms with van der Waals surface area (Å²) in [4.78, 5) is 12.7. The van der Waals surface area contributed by atoms with Crippen LogP contribution in [0.2, 0.25) is 0 Å². The minimum Gasteiger partial charge on any atom is -0.310 e. The Morgan fingerprint density at radius 2 is 1.75 bits per heavy atom. The highest BCUT2D eigenvalue weighted by Crippen LogP contribution is 2.57. The smallest absolute Gasteiger partial charge is 0.310 e. The number of anilines is 1. The lowest BCUT2D eigenvalue weighted by Crippen LogP contribution is -2.40. The van der Waals surface area contributed by atoms with Crippen molar-refractivity contribution in [2.45, 2.75) is 13.8 Å². The van der Waals surface area contributed by atoms with Crippen LogP contribution in [-0.2, 0) is 9.09 Å². The molecule has 1 unspecified atom stereocenters. The summed E-state index contributed by atoms with van der Waals surface area (Å²) in [6, 6.07) is 16.1. The molecular formula is C18H19N2O3P. The molecule has 6 heteroatoms. The fourth-order valence-electron chi connectivity index (χ4n) is 2.56. The van der Waals surface area contributed by atoms with Gasteiger partial charge >= 0.3 is 13.6 Å². The van der Waals surface area contributed by atoms with Crippen molar-refractivity contribution < 1.29 is 13.9 Å². The van der Waals surface area contributed by atoms with Gasteiger partial charge in [-0.05, 0) is 31.5 Å².